The van der Waals surface area contributed by atoms with Gasteiger partial charge in [0.15, 0.2) is 0 Å². The average molecular weight is 527 g/mol. The summed E-state index contributed by atoms with van der Waals surface area (Å²) in [6.45, 7) is 4.81. The normalized spacial score (nSPS) is 13.3. The molecular weight excluding hydrogens is 495 g/mol. The second-order valence-corrected chi connectivity index (χ2v) is 10.9. The Kier molecular flexibility index (Phi) is 10.1. The number of benzene rings is 2. The van der Waals surface area contributed by atoms with E-state index in [1.807, 2.05) is 13.8 Å². The quantitative estimate of drug-likeness (QED) is 0.486. The van der Waals surface area contributed by atoms with Crippen LogP contribution in [0.5, 0.6) is 0 Å². The molecule has 2 atom stereocenters. The Morgan fingerprint density at radius 1 is 1.09 bits per heavy atom. The first-order valence-electron chi connectivity index (χ1n) is 11.2. The molecule has 8 nitrogen and oxygen atoms in total. The Morgan fingerprint density at radius 3 is 2.26 bits per heavy atom. The number of nitrogens with one attached hydrogen (secondary N) is 1. The molecule has 0 aliphatic rings. The highest BCUT2D eigenvalue weighted by Crippen LogP contribution is 2.22. The lowest BCUT2D eigenvalue weighted by Gasteiger charge is -2.33. The summed E-state index contributed by atoms with van der Waals surface area (Å²) in [7, 11) is -1.44. The van der Waals surface area contributed by atoms with Gasteiger partial charge in [-0.25, -0.2) is 8.70 Å². The molecule has 2 amide bonds. The van der Waals surface area contributed by atoms with Crippen molar-refractivity contribution in [1.82, 2.24) is 14.5 Å². The third-order valence-electron chi connectivity index (χ3n) is 5.54. The van der Waals surface area contributed by atoms with Gasteiger partial charge in [-0.1, -0.05) is 30.7 Å². The van der Waals surface area contributed by atoms with Gasteiger partial charge in [-0.3, -0.25) is 9.59 Å². The van der Waals surface area contributed by atoms with Crippen LogP contribution in [0.4, 0.5) is 10.1 Å². The Labute approximate surface area is 211 Å². The molecule has 0 fully saturated rings. The maximum absolute atomic E-state index is 13.6. The Morgan fingerprint density at radius 2 is 1.71 bits per heavy atom. The predicted molar refractivity (Wildman–Crippen MR) is 136 cm³/mol. The van der Waals surface area contributed by atoms with Gasteiger partial charge in [0.2, 0.25) is 11.8 Å². The van der Waals surface area contributed by atoms with Gasteiger partial charge in [0.05, 0.1) is 5.69 Å². The zero-order valence-corrected chi connectivity index (χ0v) is 22.1. The zero-order chi connectivity index (χ0) is 26.3. The number of halogens is 2. The highest BCUT2D eigenvalue weighted by molar-refractivity contribution is 7.90. The fourth-order valence-corrected chi connectivity index (χ4v) is 4.47. The third-order valence-corrected chi connectivity index (χ3v) is 7.60. The first-order chi connectivity index (χ1) is 16.4. The van der Waals surface area contributed by atoms with E-state index in [2.05, 4.69) is 5.32 Å². The lowest BCUT2D eigenvalue weighted by atomic mass is 10.1. The number of carbonyl (C=O) groups excluding carboxylic acids is 2. The number of amides is 2. The van der Waals surface area contributed by atoms with Crippen molar-refractivity contribution in [3.63, 3.8) is 0 Å². The number of rotatable bonds is 11. The van der Waals surface area contributed by atoms with Gasteiger partial charge in [0.25, 0.3) is 0 Å². The molecule has 0 saturated carbocycles. The summed E-state index contributed by atoms with van der Waals surface area (Å²) in [4.78, 5) is 27.8. The van der Waals surface area contributed by atoms with Crippen molar-refractivity contribution in [3.05, 3.63) is 64.9 Å². The Balaban J connectivity index is 2.44. The number of hydrogen-bond acceptors (Lipinski definition) is 4. The molecule has 11 heteroatoms. The van der Waals surface area contributed by atoms with Gasteiger partial charge >= 0.3 is 10.2 Å². The van der Waals surface area contributed by atoms with Crippen LogP contribution in [0.3, 0.4) is 0 Å². The standard InChI is InChI=1S/C24H32ClFN4O4S/c1-6-17(2)27-24(32)18(3)29(15-19-8-7-9-20(25)14-19)23(31)16-30(35(33,34)28(4)5)22-12-10-21(26)11-13-22/h7-14,17-18H,6,15-16H2,1-5H3,(H,27,32)/t17-,18-/m1/s1. The van der Waals surface area contributed by atoms with Gasteiger partial charge in [-0.2, -0.15) is 12.7 Å². The van der Waals surface area contributed by atoms with Gasteiger partial charge in [-0.15, -0.1) is 0 Å². The fraction of sp³-hybridized carbons (Fsp3) is 0.417. The molecule has 0 saturated heterocycles. The van der Waals surface area contributed by atoms with Gasteiger partial charge in [-0.05, 0) is 62.2 Å². The van der Waals surface area contributed by atoms with Gasteiger partial charge in [0.1, 0.15) is 18.4 Å². The molecule has 0 bridgehead atoms. The van der Waals surface area contributed by atoms with E-state index >= 15 is 0 Å². The van der Waals surface area contributed by atoms with E-state index in [9.17, 15) is 22.4 Å². The van der Waals surface area contributed by atoms with Gasteiger partial charge < -0.3 is 10.2 Å². The fourth-order valence-electron chi connectivity index (χ4n) is 3.20. The summed E-state index contributed by atoms with van der Waals surface area (Å²) in [6.07, 6.45) is 0.708. The molecule has 2 aromatic carbocycles. The van der Waals surface area contributed by atoms with Crippen LogP contribution in [0, 0.1) is 5.82 Å². The molecule has 0 heterocycles. The summed E-state index contributed by atoms with van der Waals surface area (Å²) >= 11 is 6.10. The van der Waals surface area contributed by atoms with E-state index in [1.165, 1.54) is 31.1 Å². The Hall–Kier alpha value is -2.69. The molecule has 0 aliphatic carbocycles. The van der Waals surface area contributed by atoms with E-state index in [4.69, 9.17) is 11.6 Å². The van der Waals surface area contributed by atoms with Crippen LogP contribution in [0.1, 0.15) is 32.8 Å². The predicted octanol–water partition coefficient (Wildman–Crippen LogP) is 3.42. The monoisotopic (exact) mass is 526 g/mol. The SMILES string of the molecule is CC[C@@H](C)NC(=O)[C@@H](C)N(Cc1cccc(Cl)c1)C(=O)CN(c1ccc(F)cc1)S(=O)(=O)N(C)C. The van der Waals surface area contributed by atoms with Crippen LogP contribution in [-0.4, -0.2) is 62.2 Å². The molecule has 2 aromatic rings. The third kappa shape index (κ3) is 7.65. The topological polar surface area (TPSA) is 90.0 Å². The molecule has 1 N–H and O–H groups in total. The number of anilines is 1. The minimum absolute atomic E-state index is 0.0355. The maximum Gasteiger partial charge on any atom is 0.304 e. The van der Waals surface area contributed by atoms with Crippen LogP contribution < -0.4 is 9.62 Å². The first-order valence-corrected chi connectivity index (χ1v) is 12.9. The molecule has 0 aromatic heterocycles. The molecule has 35 heavy (non-hydrogen) atoms. The van der Waals surface area contributed by atoms with Crippen molar-refractivity contribution >= 4 is 39.3 Å². The summed E-state index contributed by atoms with van der Waals surface area (Å²) in [5, 5.41) is 3.33. The number of carbonyl (C=O) groups is 2. The minimum atomic E-state index is -4.11. The molecule has 192 valence electrons. The second-order valence-electron chi connectivity index (χ2n) is 8.42. The highest BCUT2D eigenvalue weighted by atomic mass is 35.5. The second kappa shape index (κ2) is 12.3. The van der Waals surface area contributed by atoms with E-state index in [0.717, 1.165) is 20.7 Å². The van der Waals surface area contributed by atoms with Crippen LogP contribution in [0.15, 0.2) is 48.5 Å². The van der Waals surface area contributed by atoms with Crippen LogP contribution in [0.2, 0.25) is 5.02 Å². The molecule has 0 unspecified atom stereocenters. The smallest absolute Gasteiger partial charge is 0.304 e. The van der Waals surface area contributed by atoms with Crippen molar-refractivity contribution in [1.29, 1.82) is 0 Å². The lowest BCUT2D eigenvalue weighted by Crippen LogP contribution is -2.53. The van der Waals surface area contributed by atoms with Crippen molar-refractivity contribution in [2.45, 2.75) is 45.8 Å². The summed E-state index contributed by atoms with van der Waals surface area (Å²) in [5.41, 5.74) is 0.797. The summed E-state index contributed by atoms with van der Waals surface area (Å²) in [6, 6.07) is 10.7. The van der Waals surface area contributed by atoms with Crippen LogP contribution in [0.25, 0.3) is 0 Å². The summed E-state index contributed by atoms with van der Waals surface area (Å²) in [5.74, 6) is -1.51. The van der Waals surface area contributed by atoms with Crippen molar-refractivity contribution < 1.29 is 22.4 Å². The largest absolute Gasteiger partial charge is 0.352 e. The summed E-state index contributed by atoms with van der Waals surface area (Å²) < 4.78 is 41.5. The van der Waals surface area contributed by atoms with E-state index in [1.54, 1.807) is 31.2 Å². The highest BCUT2D eigenvalue weighted by Gasteiger charge is 2.32. The first kappa shape index (κ1) is 28.5. The lowest BCUT2D eigenvalue weighted by molar-refractivity contribution is -0.139. The number of nitrogens with zero attached hydrogens (tertiary/aromatic N) is 3. The van der Waals surface area contributed by atoms with Crippen LogP contribution >= 0.6 is 11.6 Å². The van der Waals surface area contributed by atoms with Gasteiger partial charge in [0, 0.05) is 31.7 Å². The van der Waals surface area contributed by atoms with Crippen molar-refractivity contribution in [2.75, 3.05) is 24.9 Å². The van der Waals surface area contributed by atoms with E-state index < -0.39 is 34.5 Å². The molecule has 2 rings (SSSR count). The maximum atomic E-state index is 13.6. The van der Waals surface area contributed by atoms with E-state index in [-0.39, 0.29) is 24.2 Å². The van der Waals surface area contributed by atoms with Crippen molar-refractivity contribution in [2.24, 2.45) is 0 Å². The molecule has 0 spiro atoms. The molecular formula is C24H32ClFN4O4S. The van der Waals surface area contributed by atoms with Crippen molar-refractivity contribution in [3.8, 4) is 0 Å². The Bertz CT molecular complexity index is 1130. The van der Waals surface area contributed by atoms with E-state index in [0.29, 0.717) is 17.0 Å². The minimum Gasteiger partial charge on any atom is -0.352 e. The average Bonchev–Trinajstić information content (AvgIpc) is 2.80. The van der Waals surface area contributed by atoms with Crippen LogP contribution in [-0.2, 0) is 26.3 Å². The number of hydrogen-bond donors (Lipinski definition) is 1. The zero-order valence-electron chi connectivity index (χ0n) is 20.5. The molecule has 0 radical (unpaired) electrons. The molecule has 0 aliphatic heterocycles.